The molecule has 7 aliphatic rings. The Morgan fingerprint density at radius 1 is 1.09 bits per heavy atom. The Morgan fingerprint density at radius 3 is 2.45 bits per heavy atom. The summed E-state index contributed by atoms with van der Waals surface area (Å²) in [4.78, 5) is 42.8. The molecule has 6 bridgehead atoms. The number of carbonyl (C=O) groups is 2. The van der Waals surface area contributed by atoms with Crippen molar-refractivity contribution in [3.05, 3.63) is 68.7 Å². The monoisotopic (exact) mass is 613 g/mol. The average molecular weight is 614 g/mol. The fourth-order valence-electron chi connectivity index (χ4n) is 9.55. The van der Waals surface area contributed by atoms with Gasteiger partial charge in [0, 0.05) is 11.3 Å². The number of nitrogens with zero attached hydrogens (tertiary/aromatic N) is 1. The van der Waals surface area contributed by atoms with Crippen LogP contribution in [0.1, 0.15) is 64.5 Å². The third-order valence-electron chi connectivity index (χ3n) is 11.4. The highest BCUT2D eigenvalue weighted by atomic mass is 19.1. The molecule has 6 fully saturated rings. The minimum absolute atomic E-state index is 0.0147. The molecular formula is C32H36FNO10. The van der Waals surface area contributed by atoms with Crippen LogP contribution in [0.15, 0.2) is 47.4 Å². The molecule has 1 spiro atoms. The number of fused-ring (bicyclic) bond motifs is 3. The summed E-state index contributed by atoms with van der Waals surface area (Å²) >= 11 is 0. The molecule has 11 nitrogen and oxygen atoms in total. The van der Waals surface area contributed by atoms with E-state index in [9.17, 15) is 24.8 Å². The van der Waals surface area contributed by atoms with E-state index < -0.39 is 63.5 Å². The summed E-state index contributed by atoms with van der Waals surface area (Å²) in [6.07, 6.45) is 0.480. The first-order valence-electron chi connectivity index (χ1n) is 15.1. The van der Waals surface area contributed by atoms with Crippen molar-refractivity contribution >= 4 is 11.6 Å². The maximum Gasteiger partial charge on any atom is 0.294 e. The molecule has 44 heavy (non-hydrogen) atoms. The zero-order chi connectivity index (χ0) is 31.4. The van der Waals surface area contributed by atoms with E-state index in [1.807, 2.05) is 6.92 Å². The Bertz CT molecular complexity index is 1520. The van der Waals surface area contributed by atoms with Crippen molar-refractivity contribution in [2.75, 3.05) is 6.61 Å². The third-order valence-corrected chi connectivity index (χ3v) is 11.4. The SMILES string of the molecule is CC1(C)O[C@H]2C[C@H]3[C@@H]4CCC5=CC(=O)C(OCc6ccc(CO[N+](=O)[O-])cc6)=C6OCC(=O)[C@]2(O1)[C@]3(C)C[C@@H](O)C4(F)[C@]56C. The molecule has 3 saturated heterocycles. The van der Waals surface area contributed by atoms with Gasteiger partial charge in [-0.3, -0.25) is 9.59 Å². The maximum absolute atomic E-state index is 18.2. The number of halogens is 1. The van der Waals surface area contributed by atoms with Gasteiger partial charge in [0.25, 0.3) is 5.09 Å². The van der Waals surface area contributed by atoms with Gasteiger partial charge in [-0.25, -0.2) is 4.39 Å². The predicted octanol–water partition coefficient (Wildman–Crippen LogP) is 4.04. The minimum atomic E-state index is -2.22. The summed E-state index contributed by atoms with van der Waals surface area (Å²) < 4.78 is 43.3. The van der Waals surface area contributed by atoms with E-state index in [1.54, 1.807) is 45.0 Å². The Kier molecular flexibility index (Phi) is 6.23. The van der Waals surface area contributed by atoms with Crippen molar-refractivity contribution in [1.82, 2.24) is 0 Å². The van der Waals surface area contributed by atoms with Crippen LogP contribution in [0.5, 0.6) is 0 Å². The minimum Gasteiger partial charge on any atom is -0.485 e. The van der Waals surface area contributed by atoms with Gasteiger partial charge in [-0.1, -0.05) is 31.2 Å². The number of carbonyl (C=O) groups excluding carboxylic acids is 2. The molecule has 3 saturated carbocycles. The van der Waals surface area contributed by atoms with Gasteiger partial charge in [-0.15, -0.1) is 10.1 Å². The highest BCUT2D eigenvalue weighted by molar-refractivity contribution is 6.05. The smallest absolute Gasteiger partial charge is 0.294 e. The lowest BCUT2D eigenvalue weighted by Gasteiger charge is -2.64. The molecule has 12 heteroatoms. The Morgan fingerprint density at radius 2 is 1.77 bits per heavy atom. The van der Waals surface area contributed by atoms with Crippen molar-refractivity contribution < 1.29 is 48.0 Å². The number of Topliss-reactive ketones (excluding diaryl/α,β-unsaturated/α-hetero) is 1. The van der Waals surface area contributed by atoms with E-state index >= 15 is 4.39 Å². The standard InChI is InChI=1S/C32H36FNO10/c1-28(2)43-25-12-21-20-10-9-19-11-22(35)26(40-14-17-5-7-18(8-6-17)15-42-34(38)39)27-30(19,4)31(20,33)23(36)13-29(21,3)32(25,44-28)24(37)16-41-27/h5-8,11,20-21,23,25,36H,9-10,12-16H2,1-4H3/t20-,21-,23+,25-,29+,30+,31?,32+/m0/s1. The van der Waals surface area contributed by atoms with Crippen molar-refractivity contribution in [3.8, 4) is 0 Å². The van der Waals surface area contributed by atoms with Gasteiger partial charge in [0.2, 0.25) is 17.3 Å². The van der Waals surface area contributed by atoms with Crippen LogP contribution in [-0.2, 0) is 46.6 Å². The summed E-state index contributed by atoms with van der Waals surface area (Å²) in [7, 11) is 0. The Labute approximate surface area is 253 Å². The van der Waals surface area contributed by atoms with Crippen LogP contribution in [0.2, 0.25) is 0 Å². The van der Waals surface area contributed by atoms with E-state index in [-0.39, 0.29) is 42.9 Å². The molecule has 1 aromatic rings. The summed E-state index contributed by atoms with van der Waals surface area (Å²) in [5, 5.41) is 21.5. The zero-order valence-electron chi connectivity index (χ0n) is 25.1. The molecule has 8 rings (SSSR count). The van der Waals surface area contributed by atoms with Gasteiger partial charge >= 0.3 is 0 Å². The quantitative estimate of drug-likeness (QED) is 0.369. The second-order valence-electron chi connectivity index (χ2n) is 13.9. The fraction of sp³-hybridized carbons (Fsp3) is 0.625. The Hall–Kier alpha value is -3.35. The first-order valence-corrected chi connectivity index (χ1v) is 15.1. The van der Waals surface area contributed by atoms with Crippen molar-refractivity contribution in [2.24, 2.45) is 22.7 Å². The second kappa shape index (κ2) is 9.34. The van der Waals surface area contributed by atoms with Crippen LogP contribution >= 0.6 is 0 Å². The van der Waals surface area contributed by atoms with Gasteiger partial charge < -0.3 is 28.9 Å². The zero-order valence-corrected chi connectivity index (χ0v) is 25.1. The number of hydrogen-bond donors (Lipinski definition) is 1. The van der Waals surface area contributed by atoms with Crippen molar-refractivity contribution in [2.45, 2.75) is 95.9 Å². The number of hydrogen-bond acceptors (Lipinski definition) is 10. The molecule has 0 radical (unpaired) electrons. The van der Waals surface area contributed by atoms with Crippen LogP contribution in [0, 0.1) is 32.8 Å². The number of allylic oxidation sites excluding steroid dienone is 2. The van der Waals surface area contributed by atoms with E-state index in [0.717, 1.165) is 0 Å². The lowest BCUT2D eigenvalue weighted by Crippen LogP contribution is -2.71. The molecule has 0 amide bonds. The van der Waals surface area contributed by atoms with Crippen molar-refractivity contribution in [1.29, 1.82) is 0 Å². The predicted molar refractivity (Wildman–Crippen MR) is 148 cm³/mol. The lowest BCUT2D eigenvalue weighted by molar-refractivity contribution is -0.763. The van der Waals surface area contributed by atoms with Gasteiger partial charge in [0.15, 0.2) is 22.8 Å². The maximum atomic E-state index is 18.2. The average Bonchev–Trinajstić information content (AvgIpc) is 3.36. The lowest BCUT2D eigenvalue weighted by atomic mass is 9.44. The number of aliphatic hydroxyl groups excluding tert-OH is 1. The molecule has 1 aromatic carbocycles. The summed E-state index contributed by atoms with van der Waals surface area (Å²) in [6.45, 7) is 6.26. The van der Waals surface area contributed by atoms with Gasteiger partial charge in [0.05, 0.1) is 17.6 Å². The van der Waals surface area contributed by atoms with Gasteiger partial charge in [0.1, 0.15) is 19.8 Å². The van der Waals surface area contributed by atoms with Crippen LogP contribution in [0.3, 0.4) is 0 Å². The summed E-state index contributed by atoms with van der Waals surface area (Å²) in [5.41, 5.74) is -4.42. The van der Waals surface area contributed by atoms with Crippen LogP contribution in [0.4, 0.5) is 4.39 Å². The molecule has 8 atom stereocenters. The van der Waals surface area contributed by atoms with Crippen molar-refractivity contribution in [3.63, 3.8) is 0 Å². The number of aliphatic hydroxyl groups is 1. The van der Waals surface area contributed by atoms with E-state index in [1.165, 1.54) is 6.08 Å². The number of rotatable bonds is 6. The largest absolute Gasteiger partial charge is 0.485 e. The normalized spacial score (nSPS) is 41.5. The molecule has 0 aromatic heterocycles. The summed E-state index contributed by atoms with van der Waals surface area (Å²) in [5.74, 6) is -3.23. The first kappa shape index (κ1) is 29.4. The van der Waals surface area contributed by atoms with Crippen LogP contribution in [-0.4, -0.2) is 57.6 Å². The molecule has 1 unspecified atom stereocenters. The molecule has 236 valence electrons. The summed E-state index contributed by atoms with van der Waals surface area (Å²) in [6, 6.07) is 6.62. The van der Waals surface area contributed by atoms with E-state index in [4.69, 9.17) is 18.9 Å². The van der Waals surface area contributed by atoms with Gasteiger partial charge in [-0.05, 0) is 75.1 Å². The first-order chi connectivity index (χ1) is 20.7. The highest BCUT2D eigenvalue weighted by Crippen LogP contribution is 2.74. The topological polar surface area (TPSA) is 144 Å². The molecular weight excluding hydrogens is 577 g/mol. The second-order valence-corrected chi connectivity index (χ2v) is 13.9. The molecule has 3 aliphatic heterocycles. The van der Waals surface area contributed by atoms with E-state index in [0.29, 0.717) is 36.0 Å². The van der Waals surface area contributed by atoms with Crippen LogP contribution < -0.4 is 0 Å². The number of ether oxygens (including phenoxy) is 4. The van der Waals surface area contributed by atoms with Gasteiger partial charge in [-0.2, -0.15) is 0 Å². The highest BCUT2D eigenvalue weighted by Gasteiger charge is 2.81. The Balaban J connectivity index is 1.31. The third kappa shape index (κ3) is 3.64. The fourth-order valence-corrected chi connectivity index (χ4v) is 9.55. The number of ketones is 2. The molecule has 4 aliphatic carbocycles. The molecule has 3 heterocycles. The van der Waals surface area contributed by atoms with E-state index in [2.05, 4.69) is 4.84 Å². The number of alkyl halides is 1. The number of benzene rings is 1. The van der Waals surface area contributed by atoms with Crippen LogP contribution in [0.25, 0.3) is 0 Å². The molecule has 1 N–H and O–H groups in total.